The Labute approximate surface area is 114 Å². The quantitative estimate of drug-likeness (QED) is 0.914. The molecule has 1 aromatic rings. The zero-order chi connectivity index (χ0) is 13.3. The Bertz CT molecular complexity index is 475. The smallest absolute Gasteiger partial charge is 0.309 e. The summed E-state index contributed by atoms with van der Waals surface area (Å²) in [5.74, 6) is -0.724. The van der Waals surface area contributed by atoms with Crippen molar-refractivity contribution in [3.63, 3.8) is 0 Å². The lowest BCUT2D eigenvalue weighted by molar-refractivity contribution is -0.148. The molecule has 4 heteroatoms. The van der Waals surface area contributed by atoms with Gasteiger partial charge in [-0.25, -0.2) is 4.39 Å². The SMILES string of the molecule is CC1CCC(Cc2ccc(Br)cc2F)(C(=O)O)C1. The lowest BCUT2D eigenvalue weighted by atomic mass is 9.79. The molecule has 0 radical (unpaired) electrons. The van der Waals surface area contributed by atoms with Gasteiger partial charge in [0.2, 0.25) is 0 Å². The standard InChI is InChI=1S/C14H16BrFO2/c1-9-4-5-14(7-9,13(17)18)8-10-2-3-11(15)6-12(10)16/h2-3,6,9H,4-5,7-8H2,1H3,(H,17,18). The van der Waals surface area contributed by atoms with Crippen molar-refractivity contribution in [1.82, 2.24) is 0 Å². The molecule has 0 aromatic heterocycles. The van der Waals surface area contributed by atoms with Gasteiger partial charge in [-0.2, -0.15) is 0 Å². The van der Waals surface area contributed by atoms with E-state index in [-0.39, 0.29) is 12.2 Å². The number of hydrogen-bond donors (Lipinski definition) is 1. The maximum absolute atomic E-state index is 13.8. The molecule has 1 saturated carbocycles. The number of hydrogen-bond acceptors (Lipinski definition) is 1. The van der Waals surface area contributed by atoms with Crippen LogP contribution in [0.2, 0.25) is 0 Å². The average Bonchev–Trinajstić information content (AvgIpc) is 2.66. The monoisotopic (exact) mass is 314 g/mol. The Morgan fingerprint density at radius 2 is 2.33 bits per heavy atom. The van der Waals surface area contributed by atoms with Crippen LogP contribution in [0.25, 0.3) is 0 Å². The van der Waals surface area contributed by atoms with Gasteiger partial charge >= 0.3 is 5.97 Å². The number of aliphatic carboxylic acids is 1. The van der Waals surface area contributed by atoms with Crippen molar-refractivity contribution in [1.29, 1.82) is 0 Å². The van der Waals surface area contributed by atoms with Gasteiger partial charge in [0, 0.05) is 4.47 Å². The fourth-order valence-corrected chi connectivity index (χ4v) is 3.19. The molecule has 0 bridgehead atoms. The van der Waals surface area contributed by atoms with E-state index in [1.807, 2.05) is 0 Å². The number of rotatable bonds is 3. The molecule has 0 spiro atoms. The number of halogens is 2. The third kappa shape index (κ3) is 2.58. The maximum atomic E-state index is 13.8. The lowest BCUT2D eigenvalue weighted by Gasteiger charge is -2.24. The van der Waals surface area contributed by atoms with Crippen LogP contribution in [-0.2, 0) is 11.2 Å². The van der Waals surface area contributed by atoms with Crippen molar-refractivity contribution < 1.29 is 14.3 Å². The highest BCUT2D eigenvalue weighted by Crippen LogP contribution is 2.44. The van der Waals surface area contributed by atoms with E-state index in [9.17, 15) is 14.3 Å². The Kier molecular flexibility index (Phi) is 3.76. The molecule has 2 atom stereocenters. The fourth-order valence-electron chi connectivity index (χ4n) is 2.85. The molecule has 1 aliphatic rings. The van der Waals surface area contributed by atoms with Crippen LogP contribution in [0.5, 0.6) is 0 Å². The first-order valence-electron chi connectivity index (χ1n) is 6.10. The molecule has 1 fully saturated rings. The van der Waals surface area contributed by atoms with E-state index in [1.54, 1.807) is 12.1 Å². The van der Waals surface area contributed by atoms with Crippen LogP contribution in [0.1, 0.15) is 31.7 Å². The van der Waals surface area contributed by atoms with E-state index in [0.29, 0.717) is 28.8 Å². The molecule has 1 aromatic carbocycles. The number of carboxylic acid groups (broad SMARTS) is 1. The van der Waals surface area contributed by atoms with Gasteiger partial charge in [-0.3, -0.25) is 4.79 Å². The summed E-state index contributed by atoms with van der Waals surface area (Å²) in [7, 11) is 0. The van der Waals surface area contributed by atoms with Crippen LogP contribution in [0.15, 0.2) is 22.7 Å². The highest BCUT2D eigenvalue weighted by molar-refractivity contribution is 9.10. The largest absolute Gasteiger partial charge is 0.481 e. The first-order chi connectivity index (χ1) is 8.43. The molecule has 2 rings (SSSR count). The van der Waals surface area contributed by atoms with E-state index in [4.69, 9.17) is 0 Å². The molecule has 1 N–H and O–H groups in total. The second-order valence-electron chi connectivity index (χ2n) is 5.35. The molecular weight excluding hydrogens is 299 g/mol. The highest BCUT2D eigenvalue weighted by atomic mass is 79.9. The molecule has 0 saturated heterocycles. The third-order valence-electron chi connectivity index (χ3n) is 3.85. The summed E-state index contributed by atoms with van der Waals surface area (Å²) >= 11 is 3.20. The molecule has 18 heavy (non-hydrogen) atoms. The Balaban J connectivity index is 2.27. The maximum Gasteiger partial charge on any atom is 0.309 e. The zero-order valence-electron chi connectivity index (χ0n) is 10.2. The van der Waals surface area contributed by atoms with Crippen LogP contribution in [0.4, 0.5) is 4.39 Å². The Morgan fingerprint density at radius 1 is 1.61 bits per heavy atom. The summed E-state index contributed by atoms with van der Waals surface area (Å²) in [5.41, 5.74) is -0.289. The van der Waals surface area contributed by atoms with Crippen LogP contribution in [-0.4, -0.2) is 11.1 Å². The van der Waals surface area contributed by atoms with Crippen molar-refractivity contribution in [3.05, 3.63) is 34.1 Å². The summed E-state index contributed by atoms with van der Waals surface area (Å²) in [6.07, 6.45) is 2.47. The predicted molar refractivity (Wildman–Crippen MR) is 70.9 cm³/mol. The van der Waals surface area contributed by atoms with E-state index in [2.05, 4.69) is 22.9 Å². The molecule has 0 aliphatic heterocycles. The predicted octanol–water partition coefficient (Wildman–Crippen LogP) is 4.02. The summed E-state index contributed by atoms with van der Waals surface area (Å²) in [5, 5.41) is 9.46. The molecule has 98 valence electrons. The van der Waals surface area contributed by atoms with Gasteiger partial charge in [0.25, 0.3) is 0 Å². The van der Waals surface area contributed by atoms with Crippen molar-refractivity contribution in [2.75, 3.05) is 0 Å². The molecule has 1 aliphatic carbocycles. The van der Waals surface area contributed by atoms with Crippen LogP contribution in [0.3, 0.4) is 0 Å². The van der Waals surface area contributed by atoms with Crippen molar-refractivity contribution >= 4 is 21.9 Å². The number of carbonyl (C=O) groups is 1. The van der Waals surface area contributed by atoms with Crippen molar-refractivity contribution in [2.45, 2.75) is 32.6 Å². The summed E-state index contributed by atoms with van der Waals surface area (Å²) in [6.45, 7) is 2.06. The minimum atomic E-state index is -0.797. The molecule has 2 nitrogen and oxygen atoms in total. The Morgan fingerprint density at radius 3 is 2.83 bits per heavy atom. The van der Waals surface area contributed by atoms with Crippen LogP contribution >= 0.6 is 15.9 Å². The highest BCUT2D eigenvalue weighted by Gasteiger charge is 2.44. The van der Waals surface area contributed by atoms with Crippen molar-refractivity contribution in [2.24, 2.45) is 11.3 Å². The normalized spacial score (nSPS) is 27.4. The van der Waals surface area contributed by atoms with Gasteiger partial charge < -0.3 is 5.11 Å². The minimum absolute atomic E-state index is 0.284. The van der Waals surface area contributed by atoms with Gasteiger partial charge in [-0.15, -0.1) is 0 Å². The molecule has 2 unspecified atom stereocenters. The second-order valence-corrected chi connectivity index (χ2v) is 6.26. The van der Waals surface area contributed by atoms with Gasteiger partial charge in [0.1, 0.15) is 5.82 Å². The third-order valence-corrected chi connectivity index (χ3v) is 4.35. The van der Waals surface area contributed by atoms with Crippen LogP contribution < -0.4 is 0 Å². The minimum Gasteiger partial charge on any atom is -0.481 e. The first kappa shape index (κ1) is 13.5. The van der Waals surface area contributed by atoms with Crippen LogP contribution in [0, 0.1) is 17.2 Å². The average molecular weight is 315 g/mol. The first-order valence-corrected chi connectivity index (χ1v) is 6.89. The van der Waals surface area contributed by atoms with E-state index in [0.717, 1.165) is 6.42 Å². The lowest BCUT2D eigenvalue weighted by Crippen LogP contribution is -2.31. The Hall–Kier alpha value is -0.900. The summed E-state index contributed by atoms with van der Waals surface area (Å²) in [4.78, 5) is 11.5. The molecule has 0 heterocycles. The van der Waals surface area contributed by atoms with Gasteiger partial charge in [0.15, 0.2) is 0 Å². The zero-order valence-corrected chi connectivity index (χ0v) is 11.8. The number of benzene rings is 1. The molecular formula is C14H16BrFO2. The number of carboxylic acids is 1. The second kappa shape index (κ2) is 5.00. The van der Waals surface area contributed by atoms with Gasteiger partial charge in [-0.05, 0) is 49.3 Å². The van der Waals surface area contributed by atoms with Gasteiger partial charge in [0.05, 0.1) is 5.41 Å². The topological polar surface area (TPSA) is 37.3 Å². The summed E-state index contributed by atoms with van der Waals surface area (Å²) in [6, 6.07) is 4.82. The van der Waals surface area contributed by atoms with E-state index < -0.39 is 11.4 Å². The molecule has 0 amide bonds. The van der Waals surface area contributed by atoms with E-state index >= 15 is 0 Å². The fraction of sp³-hybridized carbons (Fsp3) is 0.500. The van der Waals surface area contributed by atoms with Crippen molar-refractivity contribution in [3.8, 4) is 0 Å². The van der Waals surface area contributed by atoms with E-state index in [1.165, 1.54) is 6.07 Å². The summed E-state index contributed by atoms with van der Waals surface area (Å²) < 4.78 is 14.5. The van der Waals surface area contributed by atoms with Gasteiger partial charge in [-0.1, -0.05) is 28.9 Å².